The number of hydrogen-bond acceptors (Lipinski definition) is 5. The van der Waals surface area contributed by atoms with Crippen molar-refractivity contribution in [3.05, 3.63) is 17.7 Å². The van der Waals surface area contributed by atoms with Gasteiger partial charge in [0.05, 0.1) is 5.69 Å². The van der Waals surface area contributed by atoms with Gasteiger partial charge in [0.2, 0.25) is 11.8 Å². The van der Waals surface area contributed by atoms with Crippen LogP contribution >= 0.6 is 0 Å². The lowest BCUT2D eigenvalue weighted by Crippen LogP contribution is -2.35. The molecule has 0 unspecified atom stereocenters. The zero-order valence-corrected chi connectivity index (χ0v) is 13.8. The lowest BCUT2D eigenvalue weighted by Gasteiger charge is -2.26. The van der Waals surface area contributed by atoms with E-state index < -0.39 is 0 Å². The molecule has 0 aliphatic carbocycles. The summed E-state index contributed by atoms with van der Waals surface area (Å²) in [6.07, 6.45) is 4.35. The molecular formula is C16H23N5O2. The molecule has 0 aromatic carbocycles. The van der Waals surface area contributed by atoms with Crippen LogP contribution in [0, 0.1) is 6.92 Å². The van der Waals surface area contributed by atoms with Crippen molar-refractivity contribution in [2.75, 3.05) is 13.1 Å². The summed E-state index contributed by atoms with van der Waals surface area (Å²) >= 11 is 0. The molecule has 0 bridgehead atoms. The van der Waals surface area contributed by atoms with E-state index in [2.05, 4.69) is 15.3 Å². The number of amides is 1. The van der Waals surface area contributed by atoms with Gasteiger partial charge in [-0.05, 0) is 39.2 Å². The van der Waals surface area contributed by atoms with E-state index in [1.54, 1.807) is 0 Å². The maximum absolute atomic E-state index is 12.2. The fourth-order valence-corrected chi connectivity index (χ4v) is 2.93. The van der Waals surface area contributed by atoms with Crippen LogP contribution in [0.15, 0.2) is 10.5 Å². The number of rotatable bonds is 5. The topological polar surface area (TPSA) is 77.1 Å². The Hall–Kier alpha value is -2.18. The lowest BCUT2D eigenvalue weighted by atomic mass is 10.1. The molecule has 2 aromatic heterocycles. The molecule has 3 heterocycles. The minimum Gasteiger partial charge on any atom is -0.419 e. The van der Waals surface area contributed by atoms with E-state index >= 15 is 0 Å². The molecule has 0 atom stereocenters. The fourth-order valence-electron chi connectivity index (χ4n) is 2.93. The first-order valence-electron chi connectivity index (χ1n) is 8.32. The molecule has 1 aliphatic rings. The van der Waals surface area contributed by atoms with E-state index in [-0.39, 0.29) is 5.91 Å². The van der Waals surface area contributed by atoms with Gasteiger partial charge in [0.15, 0.2) is 0 Å². The highest BCUT2D eigenvalue weighted by molar-refractivity contribution is 5.76. The summed E-state index contributed by atoms with van der Waals surface area (Å²) in [6.45, 7) is 6.45. The Bertz CT molecular complexity index is 670. The fraction of sp³-hybridized carbons (Fsp3) is 0.625. The van der Waals surface area contributed by atoms with E-state index in [0.717, 1.165) is 43.9 Å². The van der Waals surface area contributed by atoms with Crippen LogP contribution in [0.2, 0.25) is 0 Å². The van der Waals surface area contributed by atoms with Crippen molar-refractivity contribution in [3.63, 3.8) is 0 Å². The van der Waals surface area contributed by atoms with Crippen molar-refractivity contribution < 1.29 is 9.21 Å². The molecule has 1 fully saturated rings. The van der Waals surface area contributed by atoms with Crippen LogP contribution in [0.3, 0.4) is 0 Å². The minimum atomic E-state index is 0.180. The van der Waals surface area contributed by atoms with Crippen molar-refractivity contribution in [2.24, 2.45) is 0 Å². The Kier molecular flexibility index (Phi) is 4.73. The average Bonchev–Trinajstić information content (AvgIpc) is 3.19. The number of hydrogen-bond donors (Lipinski definition) is 0. The predicted molar refractivity (Wildman–Crippen MR) is 84.7 cm³/mol. The number of carbonyl (C=O) groups is 1. The van der Waals surface area contributed by atoms with Gasteiger partial charge in [0.1, 0.15) is 5.69 Å². The highest BCUT2D eigenvalue weighted by Gasteiger charge is 2.18. The molecule has 1 saturated heterocycles. The highest BCUT2D eigenvalue weighted by Crippen LogP contribution is 2.20. The Labute approximate surface area is 135 Å². The average molecular weight is 317 g/mol. The van der Waals surface area contributed by atoms with E-state index in [1.807, 2.05) is 29.5 Å². The second-order valence-corrected chi connectivity index (χ2v) is 5.93. The maximum Gasteiger partial charge on any atom is 0.265 e. The van der Waals surface area contributed by atoms with Crippen molar-refractivity contribution in [2.45, 2.75) is 52.5 Å². The summed E-state index contributed by atoms with van der Waals surface area (Å²) in [5.41, 5.74) is 1.74. The third-order valence-corrected chi connectivity index (χ3v) is 4.15. The van der Waals surface area contributed by atoms with Gasteiger partial charge in [0.25, 0.3) is 5.89 Å². The van der Waals surface area contributed by atoms with E-state index in [4.69, 9.17) is 4.42 Å². The zero-order chi connectivity index (χ0) is 16.2. The van der Waals surface area contributed by atoms with E-state index in [9.17, 15) is 4.79 Å². The van der Waals surface area contributed by atoms with Crippen LogP contribution in [0.5, 0.6) is 0 Å². The predicted octanol–water partition coefficient (Wildman–Crippen LogP) is 2.21. The van der Waals surface area contributed by atoms with Crippen LogP contribution in [0.4, 0.5) is 0 Å². The summed E-state index contributed by atoms with van der Waals surface area (Å²) in [4.78, 5) is 14.1. The molecular weight excluding hydrogens is 294 g/mol. The summed E-state index contributed by atoms with van der Waals surface area (Å²) in [5, 5.41) is 12.5. The number of piperidine rings is 1. The summed E-state index contributed by atoms with van der Waals surface area (Å²) in [7, 11) is 0. The molecule has 0 radical (unpaired) electrons. The van der Waals surface area contributed by atoms with E-state index in [1.165, 1.54) is 6.42 Å². The standard InChI is InChI=1S/C16H23N5O2/c1-3-21-13(11-12(2)19-21)16-18-17-14(23-16)7-8-15(22)20-9-5-4-6-10-20/h11H,3-10H2,1-2H3. The first-order valence-corrected chi connectivity index (χ1v) is 8.32. The molecule has 23 heavy (non-hydrogen) atoms. The Morgan fingerprint density at radius 1 is 1.26 bits per heavy atom. The number of nitrogens with zero attached hydrogens (tertiary/aromatic N) is 5. The van der Waals surface area contributed by atoms with Crippen molar-refractivity contribution >= 4 is 5.91 Å². The second kappa shape index (κ2) is 6.93. The first-order chi connectivity index (χ1) is 11.2. The molecule has 0 N–H and O–H groups in total. The van der Waals surface area contributed by atoms with Gasteiger partial charge in [0, 0.05) is 32.5 Å². The molecule has 0 spiro atoms. The van der Waals surface area contributed by atoms with Crippen LogP contribution < -0.4 is 0 Å². The number of carbonyl (C=O) groups excluding carboxylic acids is 1. The third-order valence-electron chi connectivity index (χ3n) is 4.15. The zero-order valence-electron chi connectivity index (χ0n) is 13.8. The number of likely N-dealkylation sites (tertiary alicyclic amines) is 1. The van der Waals surface area contributed by atoms with Gasteiger partial charge in [-0.3, -0.25) is 9.48 Å². The van der Waals surface area contributed by atoms with Crippen molar-refractivity contribution in [1.82, 2.24) is 24.9 Å². The Balaban J connectivity index is 1.62. The number of aryl methyl sites for hydroxylation is 3. The molecule has 1 amide bonds. The maximum atomic E-state index is 12.2. The van der Waals surface area contributed by atoms with Crippen molar-refractivity contribution in [1.29, 1.82) is 0 Å². The Morgan fingerprint density at radius 3 is 2.78 bits per heavy atom. The van der Waals surface area contributed by atoms with Crippen molar-refractivity contribution in [3.8, 4) is 11.6 Å². The molecule has 124 valence electrons. The smallest absolute Gasteiger partial charge is 0.265 e. The summed E-state index contributed by atoms with van der Waals surface area (Å²) < 4.78 is 7.55. The third kappa shape index (κ3) is 3.60. The lowest BCUT2D eigenvalue weighted by molar-refractivity contribution is -0.132. The highest BCUT2D eigenvalue weighted by atomic mass is 16.4. The minimum absolute atomic E-state index is 0.180. The SMILES string of the molecule is CCn1nc(C)cc1-c1nnc(CCC(=O)N2CCCCC2)o1. The summed E-state index contributed by atoms with van der Waals surface area (Å²) in [6, 6.07) is 1.93. The molecule has 0 saturated carbocycles. The number of aromatic nitrogens is 4. The van der Waals surface area contributed by atoms with Crippen LogP contribution in [0.1, 0.15) is 44.2 Å². The van der Waals surface area contributed by atoms with Gasteiger partial charge >= 0.3 is 0 Å². The Morgan fingerprint density at radius 2 is 2.04 bits per heavy atom. The summed E-state index contributed by atoms with van der Waals surface area (Å²) in [5.74, 6) is 1.15. The van der Waals surface area contributed by atoms with Gasteiger partial charge in [-0.1, -0.05) is 0 Å². The normalized spacial score (nSPS) is 15.1. The molecule has 2 aromatic rings. The quantitative estimate of drug-likeness (QED) is 0.845. The van der Waals surface area contributed by atoms with E-state index in [0.29, 0.717) is 24.6 Å². The molecule has 3 rings (SSSR count). The van der Waals surface area contributed by atoms with Gasteiger partial charge < -0.3 is 9.32 Å². The van der Waals surface area contributed by atoms with Crippen LogP contribution in [0.25, 0.3) is 11.6 Å². The molecule has 7 heteroatoms. The first kappa shape index (κ1) is 15.7. The molecule has 7 nitrogen and oxygen atoms in total. The van der Waals surface area contributed by atoms with Gasteiger partial charge in [-0.2, -0.15) is 5.10 Å². The second-order valence-electron chi connectivity index (χ2n) is 5.93. The van der Waals surface area contributed by atoms with Gasteiger partial charge in [-0.15, -0.1) is 10.2 Å². The monoisotopic (exact) mass is 317 g/mol. The van der Waals surface area contributed by atoms with Crippen LogP contribution in [-0.2, 0) is 17.8 Å². The van der Waals surface area contributed by atoms with Crippen LogP contribution in [-0.4, -0.2) is 43.9 Å². The largest absolute Gasteiger partial charge is 0.419 e. The van der Waals surface area contributed by atoms with Gasteiger partial charge in [-0.25, -0.2) is 0 Å². The molecule has 1 aliphatic heterocycles.